The van der Waals surface area contributed by atoms with Gasteiger partial charge in [0.2, 0.25) is 0 Å². The van der Waals surface area contributed by atoms with Gasteiger partial charge >= 0.3 is 0 Å². The minimum atomic E-state index is -0.0692. The lowest BCUT2D eigenvalue weighted by molar-refractivity contribution is 0.0910. The number of anilines is 1. The predicted molar refractivity (Wildman–Crippen MR) is 113 cm³/mol. The molecule has 1 aromatic heterocycles. The number of hydrogen-bond donors (Lipinski definition) is 0. The maximum Gasteiger partial charge on any atom is 0.165 e. The van der Waals surface area contributed by atoms with E-state index in [1.54, 1.807) is 13.2 Å². The van der Waals surface area contributed by atoms with Crippen LogP contribution in [0.3, 0.4) is 0 Å². The van der Waals surface area contributed by atoms with Crippen LogP contribution in [0.4, 0.5) is 5.69 Å². The number of ether oxygens (including phenoxy) is 1. The zero-order valence-electron chi connectivity index (χ0n) is 17.4. The van der Waals surface area contributed by atoms with Crippen LogP contribution in [0.5, 0.6) is 5.75 Å². The molecule has 0 bridgehead atoms. The molecule has 0 saturated carbocycles. The standard InChI is InChI=1S/C24H27N3O2/c1-24(2)13-21-20(22(28)14-24)12-17(15-25)23(26-21)16-8-10-27(11-9-16)18-4-6-19(29-3)7-5-18/h4-7,12,16H,8-11,13-14H2,1-3H3. The number of aromatic nitrogens is 1. The Morgan fingerprint density at radius 2 is 1.86 bits per heavy atom. The molecule has 0 N–H and O–H groups in total. The van der Waals surface area contributed by atoms with Crippen molar-refractivity contribution in [3.8, 4) is 11.8 Å². The zero-order valence-corrected chi connectivity index (χ0v) is 17.4. The summed E-state index contributed by atoms with van der Waals surface area (Å²) < 4.78 is 5.24. The fourth-order valence-corrected chi connectivity index (χ4v) is 4.59. The Balaban J connectivity index is 1.55. The van der Waals surface area contributed by atoms with Gasteiger partial charge in [0, 0.05) is 36.7 Å². The number of hydrogen-bond acceptors (Lipinski definition) is 5. The van der Waals surface area contributed by atoms with Gasteiger partial charge in [0.1, 0.15) is 11.8 Å². The molecular formula is C24H27N3O2. The highest BCUT2D eigenvalue weighted by Gasteiger charge is 2.34. The lowest BCUT2D eigenvalue weighted by atomic mass is 9.75. The summed E-state index contributed by atoms with van der Waals surface area (Å²) in [4.78, 5) is 19.8. The SMILES string of the molecule is COc1ccc(N2CCC(c3nc4c(cc3C#N)C(=O)CC(C)(C)C4)CC2)cc1. The number of rotatable bonds is 3. The van der Waals surface area contributed by atoms with Crippen molar-refractivity contribution in [3.63, 3.8) is 0 Å². The number of nitrogens with zero attached hydrogens (tertiary/aromatic N) is 3. The van der Waals surface area contributed by atoms with E-state index in [1.807, 2.05) is 12.1 Å². The number of ketones is 1. The number of carbonyl (C=O) groups excluding carboxylic acids is 1. The number of Topliss-reactive ketones (excluding diaryl/α,β-unsaturated/α-hetero) is 1. The maximum atomic E-state index is 12.5. The first-order valence-corrected chi connectivity index (χ1v) is 10.3. The number of nitriles is 1. The van der Waals surface area contributed by atoms with Gasteiger partial charge < -0.3 is 9.64 Å². The van der Waals surface area contributed by atoms with Gasteiger partial charge in [0.05, 0.1) is 24.1 Å². The van der Waals surface area contributed by atoms with E-state index in [0.717, 1.165) is 49.5 Å². The number of benzene rings is 1. The summed E-state index contributed by atoms with van der Waals surface area (Å²) in [5.74, 6) is 1.23. The van der Waals surface area contributed by atoms with Crippen molar-refractivity contribution >= 4 is 11.5 Å². The highest BCUT2D eigenvalue weighted by molar-refractivity contribution is 5.99. The summed E-state index contributed by atoms with van der Waals surface area (Å²) in [5.41, 5.74) is 4.10. The molecule has 0 unspecified atom stereocenters. The van der Waals surface area contributed by atoms with Gasteiger partial charge in [-0.1, -0.05) is 13.8 Å². The van der Waals surface area contributed by atoms with Crippen molar-refractivity contribution in [2.24, 2.45) is 5.41 Å². The summed E-state index contributed by atoms with van der Waals surface area (Å²) in [6.45, 7) is 6.07. The van der Waals surface area contributed by atoms with E-state index < -0.39 is 0 Å². The van der Waals surface area contributed by atoms with Crippen LogP contribution in [0, 0.1) is 16.7 Å². The van der Waals surface area contributed by atoms with Crippen molar-refractivity contribution in [1.82, 2.24) is 4.98 Å². The number of pyridine rings is 1. The second-order valence-electron chi connectivity index (χ2n) is 8.93. The first-order valence-electron chi connectivity index (χ1n) is 10.3. The van der Waals surface area contributed by atoms with Crippen LogP contribution >= 0.6 is 0 Å². The van der Waals surface area contributed by atoms with Crippen molar-refractivity contribution in [3.05, 3.63) is 52.8 Å². The van der Waals surface area contributed by atoms with Crippen LogP contribution in [0.1, 0.15) is 66.3 Å². The third kappa shape index (κ3) is 3.85. The highest BCUT2D eigenvalue weighted by Crippen LogP contribution is 2.37. The molecule has 1 aliphatic carbocycles. The van der Waals surface area contributed by atoms with E-state index in [2.05, 4.69) is 36.9 Å². The third-order valence-electron chi connectivity index (χ3n) is 6.16. The smallest absolute Gasteiger partial charge is 0.165 e. The van der Waals surface area contributed by atoms with Crippen LogP contribution in [-0.4, -0.2) is 31.0 Å². The predicted octanol–water partition coefficient (Wildman–Crippen LogP) is 4.50. The summed E-state index contributed by atoms with van der Waals surface area (Å²) >= 11 is 0. The molecule has 29 heavy (non-hydrogen) atoms. The molecule has 150 valence electrons. The molecule has 0 radical (unpaired) electrons. The Kier molecular flexibility index (Phi) is 5.04. The molecular weight excluding hydrogens is 362 g/mol. The lowest BCUT2D eigenvalue weighted by Gasteiger charge is -2.35. The molecule has 2 heterocycles. The van der Waals surface area contributed by atoms with Crippen molar-refractivity contribution < 1.29 is 9.53 Å². The van der Waals surface area contributed by atoms with Gasteiger partial charge in [-0.2, -0.15) is 5.26 Å². The van der Waals surface area contributed by atoms with Crippen molar-refractivity contribution in [1.29, 1.82) is 5.26 Å². The van der Waals surface area contributed by atoms with E-state index in [-0.39, 0.29) is 17.1 Å². The Labute approximate surface area is 172 Å². The van der Waals surface area contributed by atoms with Gasteiger partial charge in [-0.05, 0) is 55.0 Å². The molecule has 1 aromatic carbocycles. The van der Waals surface area contributed by atoms with E-state index in [1.165, 1.54) is 5.69 Å². The van der Waals surface area contributed by atoms with Crippen molar-refractivity contribution in [2.45, 2.75) is 45.4 Å². The monoisotopic (exact) mass is 389 g/mol. The van der Waals surface area contributed by atoms with Gasteiger partial charge in [0.25, 0.3) is 0 Å². The number of piperidine rings is 1. The summed E-state index contributed by atoms with van der Waals surface area (Å²) in [5, 5.41) is 9.70. The molecule has 2 aliphatic rings. The lowest BCUT2D eigenvalue weighted by Crippen LogP contribution is -2.34. The van der Waals surface area contributed by atoms with Crippen LogP contribution in [0.15, 0.2) is 30.3 Å². The molecule has 0 atom stereocenters. The van der Waals surface area contributed by atoms with E-state index in [9.17, 15) is 10.1 Å². The van der Waals surface area contributed by atoms with Gasteiger partial charge in [-0.25, -0.2) is 0 Å². The third-order valence-corrected chi connectivity index (χ3v) is 6.16. The first kappa shape index (κ1) is 19.4. The molecule has 1 aliphatic heterocycles. The van der Waals surface area contributed by atoms with Crippen LogP contribution in [0.25, 0.3) is 0 Å². The second kappa shape index (κ2) is 7.51. The average molecular weight is 389 g/mol. The summed E-state index contributed by atoms with van der Waals surface area (Å²) in [7, 11) is 1.67. The fraction of sp³-hybridized carbons (Fsp3) is 0.458. The van der Waals surface area contributed by atoms with Crippen LogP contribution in [-0.2, 0) is 6.42 Å². The number of carbonyl (C=O) groups is 1. The maximum absolute atomic E-state index is 12.5. The molecule has 4 rings (SSSR count). The first-order chi connectivity index (χ1) is 13.9. The summed E-state index contributed by atoms with van der Waals surface area (Å²) in [6.07, 6.45) is 3.21. The van der Waals surface area contributed by atoms with E-state index >= 15 is 0 Å². The van der Waals surface area contributed by atoms with E-state index in [0.29, 0.717) is 17.5 Å². The largest absolute Gasteiger partial charge is 0.497 e. The molecule has 0 amide bonds. The van der Waals surface area contributed by atoms with Gasteiger partial charge in [0.15, 0.2) is 5.78 Å². The zero-order chi connectivity index (χ0) is 20.6. The quantitative estimate of drug-likeness (QED) is 0.773. The molecule has 5 heteroatoms. The Hall–Kier alpha value is -2.87. The number of methoxy groups -OCH3 is 1. The molecule has 0 spiro atoms. The normalized spacial score (nSPS) is 18.8. The molecule has 2 aromatic rings. The Bertz CT molecular complexity index is 965. The fourth-order valence-electron chi connectivity index (χ4n) is 4.59. The molecule has 1 fully saturated rings. The van der Waals surface area contributed by atoms with Crippen molar-refractivity contribution in [2.75, 3.05) is 25.1 Å². The number of fused-ring (bicyclic) bond motifs is 1. The minimum Gasteiger partial charge on any atom is -0.497 e. The van der Waals surface area contributed by atoms with Gasteiger partial charge in [-0.3, -0.25) is 9.78 Å². The Morgan fingerprint density at radius 3 is 2.48 bits per heavy atom. The van der Waals surface area contributed by atoms with E-state index in [4.69, 9.17) is 9.72 Å². The topological polar surface area (TPSA) is 66.2 Å². The molecule has 5 nitrogen and oxygen atoms in total. The Morgan fingerprint density at radius 1 is 1.17 bits per heavy atom. The van der Waals surface area contributed by atoms with Crippen LogP contribution < -0.4 is 9.64 Å². The van der Waals surface area contributed by atoms with Crippen LogP contribution in [0.2, 0.25) is 0 Å². The molecule has 1 saturated heterocycles. The minimum absolute atomic E-state index is 0.0692. The highest BCUT2D eigenvalue weighted by atomic mass is 16.5. The van der Waals surface area contributed by atoms with Gasteiger partial charge in [-0.15, -0.1) is 0 Å². The average Bonchev–Trinajstić information content (AvgIpc) is 2.72. The second-order valence-corrected chi connectivity index (χ2v) is 8.93. The summed E-state index contributed by atoms with van der Waals surface area (Å²) in [6, 6.07) is 12.2.